The number of thiophene rings is 1. The molecular formula is C15H18N6OS. The topological polar surface area (TPSA) is 80.0 Å². The fourth-order valence-electron chi connectivity index (χ4n) is 2.77. The number of aromatic nitrogens is 5. The summed E-state index contributed by atoms with van der Waals surface area (Å²) in [6.07, 6.45) is 3.45. The average molecular weight is 330 g/mol. The molecule has 1 aliphatic heterocycles. The summed E-state index contributed by atoms with van der Waals surface area (Å²) in [7, 11) is 0. The summed E-state index contributed by atoms with van der Waals surface area (Å²) in [6, 6.07) is 0.252. The molecule has 1 saturated heterocycles. The smallest absolute Gasteiger partial charge is 0.141 e. The Morgan fingerprint density at radius 2 is 2.09 bits per heavy atom. The molecule has 0 unspecified atom stereocenters. The van der Waals surface area contributed by atoms with Crippen LogP contribution in [0.3, 0.4) is 0 Å². The van der Waals surface area contributed by atoms with E-state index in [-0.39, 0.29) is 6.04 Å². The first-order chi connectivity index (χ1) is 10.9. The van der Waals surface area contributed by atoms with Gasteiger partial charge in [0.1, 0.15) is 28.3 Å². The zero-order valence-electron chi connectivity index (χ0n) is 13.3. The van der Waals surface area contributed by atoms with Crippen molar-refractivity contribution in [1.82, 2.24) is 25.0 Å². The fourth-order valence-corrected chi connectivity index (χ4v) is 3.65. The quantitative estimate of drug-likeness (QED) is 0.790. The van der Waals surface area contributed by atoms with Gasteiger partial charge in [0.2, 0.25) is 0 Å². The SMILES string of the molecule is Cc1csc2ncnc(N3CC(n4cc(C(C)(C)O)nn4)C3)c12. The molecule has 0 spiro atoms. The summed E-state index contributed by atoms with van der Waals surface area (Å²) < 4.78 is 1.84. The predicted octanol–water partition coefficient (Wildman–Crippen LogP) is 1.88. The Kier molecular flexibility index (Phi) is 3.14. The van der Waals surface area contributed by atoms with Crippen LogP contribution in [0.4, 0.5) is 5.82 Å². The second-order valence-electron chi connectivity index (χ2n) is 6.50. The Hall–Kier alpha value is -2.06. The lowest BCUT2D eigenvalue weighted by Gasteiger charge is -2.40. The molecule has 0 saturated carbocycles. The molecule has 8 heteroatoms. The maximum absolute atomic E-state index is 9.99. The fraction of sp³-hybridized carbons (Fsp3) is 0.467. The van der Waals surface area contributed by atoms with Crippen LogP contribution in [0.25, 0.3) is 10.2 Å². The first-order valence-corrected chi connectivity index (χ1v) is 8.40. The lowest BCUT2D eigenvalue weighted by Crippen LogP contribution is -2.48. The van der Waals surface area contributed by atoms with Gasteiger partial charge in [0.05, 0.1) is 17.6 Å². The Morgan fingerprint density at radius 3 is 2.78 bits per heavy atom. The van der Waals surface area contributed by atoms with Crippen molar-refractivity contribution in [3.05, 3.63) is 29.2 Å². The summed E-state index contributed by atoms with van der Waals surface area (Å²) in [5, 5.41) is 21.5. The Bertz CT molecular complexity index is 858. The molecule has 0 aromatic carbocycles. The third kappa shape index (κ3) is 2.38. The largest absolute Gasteiger partial charge is 0.384 e. The third-order valence-corrected chi connectivity index (χ3v) is 5.21. The minimum absolute atomic E-state index is 0.252. The molecule has 0 aliphatic carbocycles. The molecule has 0 atom stereocenters. The maximum atomic E-state index is 9.99. The van der Waals surface area contributed by atoms with E-state index < -0.39 is 5.60 Å². The number of rotatable bonds is 3. The van der Waals surface area contributed by atoms with E-state index in [0.29, 0.717) is 5.69 Å². The van der Waals surface area contributed by atoms with E-state index in [9.17, 15) is 5.11 Å². The first kappa shape index (κ1) is 14.5. The van der Waals surface area contributed by atoms with Gasteiger partial charge < -0.3 is 10.0 Å². The number of hydrogen-bond donors (Lipinski definition) is 1. The summed E-state index contributed by atoms with van der Waals surface area (Å²) in [6.45, 7) is 7.18. The monoisotopic (exact) mass is 330 g/mol. The molecular weight excluding hydrogens is 312 g/mol. The minimum atomic E-state index is -0.964. The third-order valence-electron chi connectivity index (χ3n) is 4.21. The Labute approximate surface area is 137 Å². The van der Waals surface area contributed by atoms with Gasteiger partial charge >= 0.3 is 0 Å². The lowest BCUT2D eigenvalue weighted by molar-refractivity contribution is 0.0737. The van der Waals surface area contributed by atoms with Crippen molar-refractivity contribution >= 4 is 27.4 Å². The second kappa shape index (κ2) is 4.97. The van der Waals surface area contributed by atoms with Crippen LogP contribution in [0.5, 0.6) is 0 Å². The molecule has 120 valence electrons. The normalized spacial score (nSPS) is 16.1. The van der Waals surface area contributed by atoms with Gasteiger partial charge in [-0.1, -0.05) is 5.21 Å². The molecule has 1 fully saturated rings. The van der Waals surface area contributed by atoms with Crippen LogP contribution in [-0.4, -0.2) is 43.2 Å². The lowest BCUT2D eigenvalue weighted by atomic mass is 10.1. The molecule has 1 aliphatic rings. The highest BCUT2D eigenvalue weighted by Gasteiger charge is 2.33. The van der Waals surface area contributed by atoms with Crippen LogP contribution in [0.2, 0.25) is 0 Å². The van der Waals surface area contributed by atoms with Crippen LogP contribution in [-0.2, 0) is 5.60 Å². The molecule has 7 nitrogen and oxygen atoms in total. The summed E-state index contributed by atoms with van der Waals surface area (Å²) in [5.74, 6) is 0.993. The van der Waals surface area contributed by atoms with E-state index >= 15 is 0 Å². The zero-order chi connectivity index (χ0) is 16.2. The summed E-state index contributed by atoms with van der Waals surface area (Å²) in [4.78, 5) is 12.1. The summed E-state index contributed by atoms with van der Waals surface area (Å²) >= 11 is 1.65. The first-order valence-electron chi connectivity index (χ1n) is 7.52. The van der Waals surface area contributed by atoms with E-state index in [4.69, 9.17) is 0 Å². The van der Waals surface area contributed by atoms with Crippen molar-refractivity contribution in [2.24, 2.45) is 0 Å². The van der Waals surface area contributed by atoms with Crippen molar-refractivity contribution in [1.29, 1.82) is 0 Å². The van der Waals surface area contributed by atoms with Crippen molar-refractivity contribution in [3.63, 3.8) is 0 Å². The number of nitrogens with zero attached hydrogens (tertiary/aromatic N) is 6. The molecule has 4 rings (SSSR count). The molecule has 3 aromatic heterocycles. The van der Waals surface area contributed by atoms with Gasteiger partial charge in [-0.15, -0.1) is 16.4 Å². The van der Waals surface area contributed by atoms with E-state index in [1.807, 2.05) is 10.9 Å². The molecule has 1 N–H and O–H groups in total. The number of hydrogen-bond acceptors (Lipinski definition) is 7. The van der Waals surface area contributed by atoms with Crippen LogP contribution in [0.15, 0.2) is 17.9 Å². The van der Waals surface area contributed by atoms with Crippen LogP contribution in [0.1, 0.15) is 31.1 Å². The Morgan fingerprint density at radius 1 is 1.30 bits per heavy atom. The van der Waals surface area contributed by atoms with E-state index in [0.717, 1.165) is 29.1 Å². The maximum Gasteiger partial charge on any atom is 0.141 e. The molecule has 0 bridgehead atoms. The van der Waals surface area contributed by atoms with Crippen molar-refractivity contribution < 1.29 is 5.11 Å². The standard InChI is InChI=1S/C15H18N6OS/c1-9-7-23-14-12(9)13(16-8-17-14)20-4-10(5-20)21-6-11(18-19-21)15(2,3)22/h6-8,10,22H,4-5H2,1-3H3. The van der Waals surface area contributed by atoms with Crippen LogP contribution in [0, 0.1) is 6.92 Å². The van der Waals surface area contributed by atoms with Crippen molar-refractivity contribution in [2.45, 2.75) is 32.4 Å². The van der Waals surface area contributed by atoms with Gasteiger partial charge in [-0.3, -0.25) is 0 Å². The van der Waals surface area contributed by atoms with Gasteiger partial charge in [-0.25, -0.2) is 14.6 Å². The number of aryl methyl sites for hydroxylation is 1. The van der Waals surface area contributed by atoms with Crippen LogP contribution >= 0.6 is 11.3 Å². The number of anilines is 1. The van der Waals surface area contributed by atoms with Gasteiger partial charge in [-0.05, 0) is 31.7 Å². The average Bonchev–Trinajstić information content (AvgIpc) is 3.05. The molecule has 23 heavy (non-hydrogen) atoms. The minimum Gasteiger partial charge on any atom is -0.384 e. The van der Waals surface area contributed by atoms with E-state index in [1.54, 1.807) is 31.5 Å². The highest BCUT2D eigenvalue weighted by atomic mass is 32.1. The van der Waals surface area contributed by atoms with Crippen LogP contribution < -0.4 is 4.90 Å². The number of fused-ring (bicyclic) bond motifs is 1. The zero-order valence-corrected chi connectivity index (χ0v) is 14.1. The summed E-state index contributed by atoms with van der Waals surface area (Å²) in [5.41, 5.74) is 0.845. The van der Waals surface area contributed by atoms with Crippen molar-refractivity contribution in [3.8, 4) is 0 Å². The Balaban J connectivity index is 1.55. The van der Waals surface area contributed by atoms with Gasteiger partial charge in [0, 0.05) is 13.1 Å². The molecule has 0 radical (unpaired) electrons. The highest BCUT2D eigenvalue weighted by molar-refractivity contribution is 7.17. The van der Waals surface area contributed by atoms with Gasteiger partial charge in [0.15, 0.2) is 0 Å². The van der Waals surface area contributed by atoms with E-state index in [2.05, 4.69) is 37.5 Å². The highest BCUT2D eigenvalue weighted by Crippen LogP contribution is 2.35. The van der Waals surface area contributed by atoms with Crippen molar-refractivity contribution in [2.75, 3.05) is 18.0 Å². The second-order valence-corrected chi connectivity index (χ2v) is 7.36. The van der Waals surface area contributed by atoms with E-state index in [1.165, 1.54) is 5.56 Å². The van der Waals surface area contributed by atoms with Gasteiger partial charge in [0.25, 0.3) is 0 Å². The molecule has 0 amide bonds. The molecule has 4 heterocycles. The predicted molar refractivity (Wildman–Crippen MR) is 88.7 cm³/mol. The van der Waals surface area contributed by atoms with Gasteiger partial charge in [-0.2, -0.15) is 0 Å². The number of aliphatic hydroxyl groups is 1. The molecule has 3 aromatic rings.